The van der Waals surface area contributed by atoms with Crippen molar-refractivity contribution in [2.45, 2.75) is 13.8 Å². The van der Waals surface area contributed by atoms with E-state index in [4.69, 9.17) is 21.3 Å². The van der Waals surface area contributed by atoms with E-state index >= 15 is 0 Å². The zero-order valence-corrected chi connectivity index (χ0v) is 16.3. The van der Waals surface area contributed by atoms with Crippen molar-refractivity contribution in [1.82, 2.24) is 14.5 Å². The predicted octanol–water partition coefficient (Wildman–Crippen LogP) is 5.23. The number of nitrogens with zero attached hydrogens (tertiary/aromatic N) is 3. The molecule has 0 saturated carbocycles. The van der Waals surface area contributed by atoms with Crippen LogP contribution >= 0.6 is 11.6 Å². The van der Waals surface area contributed by atoms with Gasteiger partial charge in [-0.15, -0.1) is 0 Å². The van der Waals surface area contributed by atoms with Crippen LogP contribution in [0.4, 0.5) is 0 Å². The molecule has 0 N–H and O–H groups in total. The Morgan fingerprint density at radius 1 is 1.07 bits per heavy atom. The van der Waals surface area contributed by atoms with E-state index in [0.717, 1.165) is 10.9 Å². The van der Waals surface area contributed by atoms with Gasteiger partial charge in [-0.25, -0.2) is 14.8 Å². The molecule has 0 saturated heterocycles. The summed E-state index contributed by atoms with van der Waals surface area (Å²) in [6.45, 7) is 3.82. The molecular formula is C22H18ClN3O2. The summed E-state index contributed by atoms with van der Waals surface area (Å²) in [4.78, 5) is 21.9. The minimum Gasteiger partial charge on any atom is -0.462 e. The molecule has 0 aliphatic rings. The highest BCUT2D eigenvalue weighted by Crippen LogP contribution is 2.31. The van der Waals surface area contributed by atoms with Gasteiger partial charge in [-0.1, -0.05) is 48.0 Å². The van der Waals surface area contributed by atoms with E-state index in [0.29, 0.717) is 33.5 Å². The van der Waals surface area contributed by atoms with Gasteiger partial charge >= 0.3 is 5.97 Å². The highest BCUT2D eigenvalue weighted by atomic mass is 35.5. The van der Waals surface area contributed by atoms with Crippen molar-refractivity contribution in [2.75, 3.05) is 6.61 Å². The van der Waals surface area contributed by atoms with Crippen molar-refractivity contribution in [3.05, 3.63) is 77.1 Å². The van der Waals surface area contributed by atoms with Crippen LogP contribution in [-0.4, -0.2) is 27.1 Å². The van der Waals surface area contributed by atoms with Gasteiger partial charge in [0.05, 0.1) is 23.5 Å². The Morgan fingerprint density at radius 3 is 2.61 bits per heavy atom. The Kier molecular flexibility index (Phi) is 4.84. The minimum absolute atomic E-state index is 0.268. The molecule has 140 valence electrons. The van der Waals surface area contributed by atoms with Crippen molar-refractivity contribution < 1.29 is 9.53 Å². The number of ether oxygens (including phenoxy) is 1. The quantitative estimate of drug-likeness (QED) is 0.447. The smallest absolute Gasteiger partial charge is 0.342 e. The van der Waals surface area contributed by atoms with Crippen LogP contribution in [0.25, 0.3) is 28.1 Å². The third-order valence-electron chi connectivity index (χ3n) is 4.50. The molecule has 2 aromatic heterocycles. The lowest BCUT2D eigenvalue weighted by Crippen LogP contribution is -2.14. The van der Waals surface area contributed by atoms with Gasteiger partial charge in [0.25, 0.3) is 0 Å². The van der Waals surface area contributed by atoms with E-state index in [2.05, 4.69) is 4.98 Å². The summed E-state index contributed by atoms with van der Waals surface area (Å²) < 4.78 is 7.14. The normalized spacial score (nSPS) is 11.0. The van der Waals surface area contributed by atoms with E-state index in [9.17, 15) is 4.79 Å². The molecule has 0 spiro atoms. The van der Waals surface area contributed by atoms with Crippen LogP contribution in [-0.2, 0) is 4.74 Å². The number of aryl methyl sites for hydroxylation is 1. The van der Waals surface area contributed by atoms with Crippen molar-refractivity contribution in [3.8, 4) is 17.2 Å². The lowest BCUT2D eigenvalue weighted by atomic mass is 10.0. The minimum atomic E-state index is -0.459. The molecule has 0 atom stereocenters. The molecule has 6 heteroatoms. The van der Waals surface area contributed by atoms with Crippen molar-refractivity contribution in [1.29, 1.82) is 0 Å². The molecule has 0 bridgehead atoms. The van der Waals surface area contributed by atoms with E-state index in [1.165, 1.54) is 0 Å². The van der Waals surface area contributed by atoms with E-state index in [-0.39, 0.29) is 6.61 Å². The molecule has 4 aromatic rings. The van der Waals surface area contributed by atoms with Crippen molar-refractivity contribution >= 4 is 28.5 Å². The number of benzene rings is 2. The molecule has 0 radical (unpaired) electrons. The van der Waals surface area contributed by atoms with Crippen LogP contribution < -0.4 is 0 Å². The summed E-state index contributed by atoms with van der Waals surface area (Å²) in [6, 6.07) is 17.3. The summed E-state index contributed by atoms with van der Waals surface area (Å²) in [5.41, 5.74) is 2.97. The number of carbonyl (C=O) groups is 1. The van der Waals surface area contributed by atoms with Crippen molar-refractivity contribution in [3.63, 3.8) is 0 Å². The molecule has 0 aliphatic heterocycles. The first kappa shape index (κ1) is 18.2. The zero-order valence-electron chi connectivity index (χ0n) is 15.5. The van der Waals surface area contributed by atoms with E-state index in [1.54, 1.807) is 19.9 Å². The number of rotatable bonds is 4. The first-order valence-electron chi connectivity index (χ1n) is 8.97. The number of aromatic nitrogens is 3. The van der Waals surface area contributed by atoms with Gasteiger partial charge in [0, 0.05) is 22.2 Å². The van der Waals surface area contributed by atoms with Crippen LogP contribution in [0.3, 0.4) is 0 Å². The highest BCUT2D eigenvalue weighted by molar-refractivity contribution is 6.33. The second kappa shape index (κ2) is 7.44. The topological polar surface area (TPSA) is 57.0 Å². The molecule has 2 heterocycles. The summed E-state index contributed by atoms with van der Waals surface area (Å²) in [7, 11) is 0. The lowest BCUT2D eigenvalue weighted by molar-refractivity contribution is 0.0525. The maximum absolute atomic E-state index is 12.6. The van der Waals surface area contributed by atoms with Crippen LogP contribution in [0.1, 0.15) is 23.0 Å². The van der Waals surface area contributed by atoms with E-state index in [1.807, 2.05) is 59.3 Å². The molecule has 2 aromatic carbocycles. The summed E-state index contributed by atoms with van der Waals surface area (Å²) in [6.07, 6.45) is 1.92. The molecule has 0 aliphatic carbocycles. The van der Waals surface area contributed by atoms with Crippen LogP contribution in [0.15, 0.2) is 60.8 Å². The third-order valence-corrected chi connectivity index (χ3v) is 4.83. The number of carbonyl (C=O) groups excluding carboxylic acids is 1. The molecule has 28 heavy (non-hydrogen) atoms. The maximum atomic E-state index is 12.6. The second-order valence-corrected chi connectivity index (χ2v) is 6.68. The highest BCUT2D eigenvalue weighted by Gasteiger charge is 2.23. The van der Waals surface area contributed by atoms with E-state index < -0.39 is 5.97 Å². The van der Waals surface area contributed by atoms with Gasteiger partial charge < -0.3 is 4.74 Å². The van der Waals surface area contributed by atoms with Crippen LogP contribution in [0.5, 0.6) is 0 Å². The Balaban J connectivity index is 1.99. The number of esters is 1. The number of hydrogen-bond donors (Lipinski definition) is 0. The standard InChI is InChI=1S/C22H18ClN3O2/c1-3-28-21(27)19-14(2)24-22(25-20(19)16-9-5-6-10-17(16)23)26-13-12-15-8-4-7-11-18(15)26/h4-13H,3H2,1-2H3. The fourth-order valence-corrected chi connectivity index (χ4v) is 3.44. The fourth-order valence-electron chi connectivity index (χ4n) is 3.22. The van der Waals surface area contributed by atoms with Gasteiger partial charge in [0.2, 0.25) is 5.95 Å². The largest absolute Gasteiger partial charge is 0.462 e. The Bertz CT molecular complexity index is 1180. The summed E-state index contributed by atoms with van der Waals surface area (Å²) >= 11 is 6.42. The number of hydrogen-bond acceptors (Lipinski definition) is 4. The van der Waals surface area contributed by atoms with Gasteiger partial charge in [-0.05, 0) is 32.0 Å². The summed E-state index contributed by atoms with van der Waals surface area (Å²) in [5, 5.41) is 1.59. The SMILES string of the molecule is CCOC(=O)c1c(C)nc(-n2ccc3ccccc32)nc1-c1ccccc1Cl. The molecular weight excluding hydrogens is 374 g/mol. The Morgan fingerprint density at radius 2 is 1.82 bits per heavy atom. The van der Waals surface area contributed by atoms with Gasteiger partial charge in [-0.3, -0.25) is 4.57 Å². The van der Waals surface area contributed by atoms with Crippen molar-refractivity contribution in [2.24, 2.45) is 0 Å². The molecule has 0 fully saturated rings. The van der Waals surface area contributed by atoms with Crippen LogP contribution in [0, 0.1) is 6.92 Å². The van der Waals surface area contributed by atoms with Gasteiger partial charge in [-0.2, -0.15) is 0 Å². The Hall–Kier alpha value is -3.18. The molecule has 0 unspecified atom stereocenters. The predicted molar refractivity (Wildman–Crippen MR) is 110 cm³/mol. The Labute approximate surface area is 167 Å². The number of fused-ring (bicyclic) bond motifs is 1. The molecule has 5 nitrogen and oxygen atoms in total. The second-order valence-electron chi connectivity index (χ2n) is 6.28. The third kappa shape index (κ3) is 3.14. The van der Waals surface area contributed by atoms with Gasteiger partial charge in [0.15, 0.2) is 0 Å². The molecule has 0 amide bonds. The first-order valence-corrected chi connectivity index (χ1v) is 9.35. The number of halogens is 1. The van der Waals surface area contributed by atoms with Crippen LogP contribution in [0.2, 0.25) is 5.02 Å². The molecule has 4 rings (SSSR count). The first-order chi connectivity index (χ1) is 13.6. The lowest BCUT2D eigenvalue weighted by Gasteiger charge is -2.14. The monoisotopic (exact) mass is 391 g/mol. The maximum Gasteiger partial charge on any atom is 0.342 e. The van der Waals surface area contributed by atoms with Gasteiger partial charge in [0.1, 0.15) is 5.56 Å². The summed E-state index contributed by atoms with van der Waals surface area (Å²) in [5.74, 6) is 0.0144. The average Bonchev–Trinajstić information content (AvgIpc) is 3.12. The fraction of sp³-hybridized carbons (Fsp3) is 0.136. The average molecular weight is 392 g/mol. The number of para-hydroxylation sites is 1. The zero-order chi connectivity index (χ0) is 19.7.